The molecular formula is C18H18FN3O4. The number of pyridine rings is 1. The summed E-state index contributed by atoms with van der Waals surface area (Å²) >= 11 is 0. The van der Waals surface area contributed by atoms with Crippen LogP contribution in [0.25, 0.3) is 10.9 Å². The van der Waals surface area contributed by atoms with E-state index in [0.29, 0.717) is 30.6 Å². The molecule has 1 aromatic heterocycles. The van der Waals surface area contributed by atoms with Gasteiger partial charge in [-0.2, -0.15) is 0 Å². The number of carboxylic acids is 1. The molecular weight excluding hydrogens is 341 g/mol. The second-order valence-electron chi connectivity index (χ2n) is 6.67. The largest absolute Gasteiger partial charge is 0.477 e. The van der Waals surface area contributed by atoms with E-state index in [1.54, 1.807) is 10.6 Å². The van der Waals surface area contributed by atoms with Gasteiger partial charge in [-0.05, 0) is 25.0 Å². The lowest BCUT2D eigenvalue weighted by atomic mass is 10.1. The smallest absolute Gasteiger partial charge is 0.341 e. The summed E-state index contributed by atoms with van der Waals surface area (Å²) in [6.07, 6.45) is 1.99. The molecule has 1 saturated heterocycles. The zero-order chi connectivity index (χ0) is 18.4. The first kappa shape index (κ1) is 16.7. The second-order valence-corrected chi connectivity index (χ2v) is 6.67. The number of rotatable bonds is 4. The van der Waals surface area contributed by atoms with Gasteiger partial charge < -0.3 is 19.9 Å². The van der Waals surface area contributed by atoms with Crippen LogP contribution in [-0.4, -0.2) is 48.1 Å². The quantitative estimate of drug-likeness (QED) is 0.802. The van der Waals surface area contributed by atoms with E-state index in [0.717, 1.165) is 32.0 Å². The Bertz CT molecular complexity index is 975. The maximum Gasteiger partial charge on any atom is 0.341 e. The van der Waals surface area contributed by atoms with Gasteiger partial charge in [0.15, 0.2) is 6.29 Å². The molecule has 1 saturated carbocycles. The number of carbonyl (C=O) groups excluding carboxylic acids is 1. The Morgan fingerprint density at radius 2 is 1.96 bits per heavy atom. The van der Waals surface area contributed by atoms with E-state index >= 15 is 0 Å². The van der Waals surface area contributed by atoms with E-state index in [-0.39, 0.29) is 17.1 Å². The molecule has 0 amide bonds. The first-order valence-electron chi connectivity index (χ1n) is 8.58. The minimum Gasteiger partial charge on any atom is -0.477 e. The average molecular weight is 359 g/mol. The fourth-order valence-electron chi connectivity index (χ4n) is 3.63. The zero-order valence-electron chi connectivity index (χ0n) is 14.0. The third kappa shape index (κ3) is 2.57. The van der Waals surface area contributed by atoms with Crippen molar-refractivity contribution in [3.8, 4) is 0 Å². The van der Waals surface area contributed by atoms with E-state index in [9.17, 15) is 23.9 Å². The lowest BCUT2D eigenvalue weighted by molar-refractivity contribution is 0.0691. The molecule has 2 N–H and O–H groups in total. The zero-order valence-corrected chi connectivity index (χ0v) is 14.0. The third-order valence-electron chi connectivity index (χ3n) is 5.01. The number of carboxylic acid groups (broad SMARTS) is 1. The van der Waals surface area contributed by atoms with Crippen LogP contribution < -0.4 is 15.6 Å². The number of nitrogens with zero attached hydrogens (tertiary/aromatic N) is 2. The number of halogens is 1. The Morgan fingerprint density at radius 1 is 1.27 bits per heavy atom. The SMILES string of the molecule is O=Cc1c(C(=O)O)c(=O)c2cc(F)c(N3CCNCC3)cc2n1C1CC1. The van der Waals surface area contributed by atoms with Crippen molar-refractivity contribution in [1.29, 1.82) is 0 Å². The van der Waals surface area contributed by atoms with Crippen molar-refractivity contribution in [2.24, 2.45) is 0 Å². The average Bonchev–Trinajstić information content (AvgIpc) is 3.46. The van der Waals surface area contributed by atoms with Crippen molar-refractivity contribution in [2.45, 2.75) is 18.9 Å². The highest BCUT2D eigenvalue weighted by Crippen LogP contribution is 2.39. The van der Waals surface area contributed by atoms with Crippen molar-refractivity contribution in [1.82, 2.24) is 9.88 Å². The Labute approximate surface area is 148 Å². The van der Waals surface area contributed by atoms with Crippen LogP contribution in [0.4, 0.5) is 10.1 Å². The minimum absolute atomic E-state index is 0.00344. The number of hydrogen-bond acceptors (Lipinski definition) is 5. The molecule has 1 aliphatic heterocycles. The van der Waals surface area contributed by atoms with Crippen molar-refractivity contribution in [3.05, 3.63) is 39.4 Å². The summed E-state index contributed by atoms with van der Waals surface area (Å²) in [5.41, 5.74) is -0.770. The molecule has 0 atom stereocenters. The summed E-state index contributed by atoms with van der Waals surface area (Å²) in [4.78, 5) is 37.7. The molecule has 1 aromatic carbocycles. The van der Waals surface area contributed by atoms with Crippen LogP contribution in [0.1, 0.15) is 39.7 Å². The van der Waals surface area contributed by atoms with Gasteiger partial charge in [0.1, 0.15) is 17.1 Å². The van der Waals surface area contributed by atoms with Gasteiger partial charge in [-0.3, -0.25) is 9.59 Å². The monoisotopic (exact) mass is 359 g/mol. The standard InChI is InChI=1S/C18H18FN3O4/c19-12-7-11-13(8-14(12)21-5-3-20-4-6-21)22(10-1-2-10)15(9-23)16(17(11)24)18(25)26/h7-10,20H,1-6H2,(H,25,26). The predicted molar refractivity (Wildman–Crippen MR) is 93.9 cm³/mol. The fraction of sp³-hybridized carbons (Fsp3) is 0.389. The lowest BCUT2D eigenvalue weighted by Gasteiger charge is -2.30. The Morgan fingerprint density at radius 3 is 2.54 bits per heavy atom. The maximum atomic E-state index is 14.7. The maximum absolute atomic E-state index is 14.7. The number of benzene rings is 1. The van der Waals surface area contributed by atoms with Gasteiger partial charge in [-0.15, -0.1) is 0 Å². The van der Waals surface area contributed by atoms with Crippen molar-refractivity contribution >= 4 is 28.8 Å². The molecule has 0 unspecified atom stereocenters. The molecule has 136 valence electrons. The molecule has 2 fully saturated rings. The van der Waals surface area contributed by atoms with Gasteiger partial charge in [0.25, 0.3) is 0 Å². The third-order valence-corrected chi connectivity index (χ3v) is 5.01. The number of carbonyl (C=O) groups is 2. The molecule has 0 spiro atoms. The van der Waals surface area contributed by atoms with Crippen LogP contribution in [0.15, 0.2) is 16.9 Å². The lowest BCUT2D eigenvalue weighted by Crippen LogP contribution is -2.44. The Kier molecular flexibility index (Phi) is 3.99. The molecule has 0 radical (unpaired) electrons. The summed E-state index contributed by atoms with van der Waals surface area (Å²) in [6, 6.07) is 2.64. The van der Waals surface area contributed by atoms with Gasteiger partial charge in [-0.1, -0.05) is 0 Å². The summed E-state index contributed by atoms with van der Waals surface area (Å²) < 4.78 is 16.3. The minimum atomic E-state index is -1.47. The van der Waals surface area contributed by atoms with E-state index in [1.807, 2.05) is 4.90 Å². The number of hydrogen-bond donors (Lipinski definition) is 2. The molecule has 1 aliphatic carbocycles. The van der Waals surface area contributed by atoms with Crippen LogP contribution in [0.3, 0.4) is 0 Å². The first-order valence-corrected chi connectivity index (χ1v) is 8.58. The van der Waals surface area contributed by atoms with E-state index in [2.05, 4.69) is 5.32 Å². The molecule has 7 nitrogen and oxygen atoms in total. The van der Waals surface area contributed by atoms with Gasteiger partial charge in [0.2, 0.25) is 5.43 Å². The van der Waals surface area contributed by atoms with E-state index in [1.165, 1.54) is 0 Å². The number of aldehydes is 1. The van der Waals surface area contributed by atoms with Crippen molar-refractivity contribution in [3.63, 3.8) is 0 Å². The van der Waals surface area contributed by atoms with E-state index in [4.69, 9.17) is 0 Å². The van der Waals surface area contributed by atoms with Gasteiger partial charge >= 0.3 is 5.97 Å². The molecule has 0 bridgehead atoms. The Hall–Kier alpha value is -2.74. The molecule has 2 heterocycles. The normalized spacial score (nSPS) is 17.5. The van der Waals surface area contributed by atoms with Crippen LogP contribution >= 0.6 is 0 Å². The highest BCUT2D eigenvalue weighted by molar-refractivity contribution is 6.01. The summed E-state index contributed by atoms with van der Waals surface area (Å²) in [5, 5.41) is 12.6. The highest BCUT2D eigenvalue weighted by Gasteiger charge is 2.32. The van der Waals surface area contributed by atoms with Crippen LogP contribution in [-0.2, 0) is 0 Å². The number of fused-ring (bicyclic) bond motifs is 1. The Balaban J connectivity index is 2.04. The molecule has 2 aromatic rings. The number of nitrogens with one attached hydrogen (secondary N) is 1. The number of aromatic carboxylic acids is 1. The topological polar surface area (TPSA) is 91.6 Å². The molecule has 26 heavy (non-hydrogen) atoms. The molecule has 2 aliphatic rings. The van der Waals surface area contributed by atoms with Gasteiger partial charge in [0, 0.05) is 37.6 Å². The summed E-state index contributed by atoms with van der Waals surface area (Å²) in [5.74, 6) is -2.03. The second kappa shape index (κ2) is 6.21. The predicted octanol–water partition coefficient (Wildman–Crippen LogP) is 1.40. The molecule has 4 rings (SSSR count). The van der Waals surface area contributed by atoms with Crippen molar-refractivity contribution < 1.29 is 19.1 Å². The number of piperazine rings is 1. The fourth-order valence-corrected chi connectivity index (χ4v) is 3.63. The summed E-state index contributed by atoms with van der Waals surface area (Å²) in [7, 11) is 0. The van der Waals surface area contributed by atoms with Crippen LogP contribution in [0.2, 0.25) is 0 Å². The van der Waals surface area contributed by atoms with Crippen LogP contribution in [0.5, 0.6) is 0 Å². The first-order chi connectivity index (χ1) is 12.5. The number of anilines is 1. The summed E-state index contributed by atoms with van der Waals surface area (Å²) in [6.45, 7) is 2.71. The van der Waals surface area contributed by atoms with E-state index < -0.39 is 22.8 Å². The van der Waals surface area contributed by atoms with Gasteiger partial charge in [-0.25, -0.2) is 9.18 Å². The van der Waals surface area contributed by atoms with Crippen molar-refractivity contribution in [2.75, 3.05) is 31.1 Å². The molecule has 8 heteroatoms. The number of aromatic nitrogens is 1. The highest BCUT2D eigenvalue weighted by atomic mass is 19.1. The van der Waals surface area contributed by atoms with Crippen LogP contribution in [0, 0.1) is 5.82 Å². The van der Waals surface area contributed by atoms with Gasteiger partial charge in [0.05, 0.1) is 11.2 Å².